The smallest absolute Gasteiger partial charge is 0.245 e. The van der Waals surface area contributed by atoms with E-state index in [-0.39, 0.29) is 29.7 Å². The van der Waals surface area contributed by atoms with Gasteiger partial charge in [-0.15, -0.1) is 0 Å². The second kappa shape index (κ2) is 10.8. The minimum Gasteiger partial charge on any atom is -0.343 e. The molecular formula is C24H36N4O3. The summed E-state index contributed by atoms with van der Waals surface area (Å²) in [5.41, 5.74) is 1.21. The molecule has 170 valence electrons. The zero-order chi connectivity index (χ0) is 22.4. The molecule has 7 heteroatoms. The third-order valence-electron chi connectivity index (χ3n) is 6.75. The van der Waals surface area contributed by atoms with Gasteiger partial charge < -0.3 is 20.4 Å². The lowest BCUT2D eigenvalue weighted by atomic mass is 9.91. The summed E-state index contributed by atoms with van der Waals surface area (Å²) in [5, 5.41) is 5.87. The second-order valence-corrected chi connectivity index (χ2v) is 8.59. The van der Waals surface area contributed by atoms with Crippen LogP contribution in [0.25, 0.3) is 0 Å². The molecule has 1 aromatic carbocycles. The van der Waals surface area contributed by atoms with E-state index in [9.17, 15) is 14.4 Å². The molecule has 3 amide bonds. The third kappa shape index (κ3) is 5.26. The number of carbonyl (C=O) groups excluding carboxylic acids is 3. The Labute approximate surface area is 185 Å². The lowest BCUT2D eigenvalue weighted by Crippen LogP contribution is -2.58. The van der Waals surface area contributed by atoms with Crippen LogP contribution in [-0.4, -0.2) is 72.3 Å². The predicted octanol–water partition coefficient (Wildman–Crippen LogP) is 1.57. The fourth-order valence-electron chi connectivity index (χ4n) is 4.82. The molecule has 2 aliphatic heterocycles. The number of benzene rings is 1. The molecule has 0 spiro atoms. The highest BCUT2D eigenvalue weighted by atomic mass is 16.2. The SMILES string of the molecule is CC[C@H](NC)C(=O)N[C@@H](CC)C(=O)N1CC[C@H]2CCN(CCc3ccccc3)C(=O)[C@H]21. The standard InChI is InChI=1S/C24H36N4O3/c1-4-19(25-3)22(29)26-20(5-2)23(30)28-16-13-18-12-15-27(24(31)21(18)28)14-11-17-9-7-6-8-10-17/h6-10,18-21,25H,4-5,11-16H2,1-3H3,(H,26,29)/t18-,19+,20+,21+/m1/s1. The lowest BCUT2D eigenvalue weighted by molar-refractivity contribution is -0.149. The molecule has 2 N–H and O–H groups in total. The van der Waals surface area contributed by atoms with Gasteiger partial charge in [-0.05, 0) is 50.6 Å². The number of hydrogen-bond acceptors (Lipinski definition) is 4. The van der Waals surface area contributed by atoms with E-state index in [1.807, 2.05) is 36.9 Å². The molecular weight excluding hydrogens is 392 g/mol. The number of carbonyl (C=O) groups is 3. The van der Waals surface area contributed by atoms with Crippen LogP contribution in [0.2, 0.25) is 0 Å². The zero-order valence-electron chi connectivity index (χ0n) is 19.0. The van der Waals surface area contributed by atoms with Crippen LogP contribution < -0.4 is 10.6 Å². The first kappa shape index (κ1) is 23.3. The molecule has 0 radical (unpaired) electrons. The minimum absolute atomic E-state index is 0.0564. The Morgan fingerprint density at radius 3 is 2.39 bits per heavy atom. The van der Waals surface area contributed by atoms with E-state index in [1.54, 1.807) is 11.9 Å². The molecule has 2 heterocycles. The van der Waals surface area contributed by atoms with Crippen molar-refractivity contribution in [1.29, 1.82) is 0 Å². The Kier molecular flexibility index (Phi) is 8.07. The molecule has 2 saturated heterocycles. The first-order valence-corrected chi connectivity index (χ1v) is 11.6. The van der Waals surface area contributed by atoms with Gasteiger partial charge in [0, 0.05) is 19.6 Å². The van der Waals surface area contributed by atoms with Crippen molar-refractivity contribution in [3.05, 3.63) is 35.9 Å². The van der Waals surface area contributed by atoms with Gasteiger partial charge in [0.1, 0.15) is 12.1 Å². The van der Waals surface area contributed by atoms with Crippen molar-refractivity contribution in [2.45, 2.75) is 64.1 Å². The van der Waals surface area contributed by atoms with Gasteiger partial charge in [0.25, 0.3) is 0 Å². The van der Waals surface area contributed by atoms with Gasteiger partial charge in [-0.1, -0.05) is 44.2 Å². The number of nitrogens with zero attached hydrogens (tertiary/aromatic N) is 2. The molecule has 7 nitrogen and oxygen atoms in total. The highest BCUT2D eigenvalue weighted by Crippen LogP contribution is 2.33. The Balaban J connectivity index is 1.65. The van der Waals surface area contributed by atoms with Gasteiger partial charge in [-0.2, -0.15) is 0 Å². The molecule has 31 heavy (non-hydrogen) atoms. The molecule has 4 atom stereocenters. The van der Waals surface area contributed by atoms with E-state index in [0.717, 1.165) is 25.8 Å². The maximum absolute atomic E-state index is 13.3. The molecule has 0 bridgehead atoms. The van der Waals surface area contributed by atoms with E-state index >= 15 is 0 Å². The molecule has 0 saturated carbocycles. The summed E-state index contributed by atoms with van der Waals surface area (Å²) >= 11 is 0. The van der Waals surface area contributed by atoms with E-state index in [2.05, 4.69) is 22.8 Å². The van der Waals surface area contributed by atoms with Gasteiger partial charge in [0.15, 0.2) is 0 Å². The molecule has 3 rings (SSSR count). The number of likely N-dealkylation sites (N-methyl/N-ethyl adjacent to an activating group) is 1. The number of fused-ring (bicyclic) bond motifs is 1. The van der Waals surface area contributed by atoms with Crippen LogP contribution in [-0.2, 0) is 20.8 Å². The quantitative estimate of drug-likeness (QED) is 0.626. The van der Waals surface area contributed by atoms with Gasteiger partial charge in [-0.25, -0.2) is 0 Å². The van der Waals surface area contributed by atoms with E-state index in [1.165, 1.54) is 5.56 Å². The summed E-state index contributed by atoms with van der Waals surface area (Å²) in [6.45, 7) is 5.83. The van der Waals surface area contributed by atoms with Gasteiger partial charge in [-0.3, -0.25) is 14.4 Å². The fourth-order valence-corrected chi connectivity index (χ4v) is 4.82. The van der Waals surface area contributed by atoms with Crippen LogP contribution in [0.5, 0.6) is 0 Å². The van der Waals surface area contributed by atoms with Crippen LogP contribution in [0.1, 0.15) is 45.1 Å². The monoisotopic (exact) mass is 428 g/mol. The normalized spacial score (nSPS) is 22.7. The second-order valence-electron chi connectivity index (χ2n) is 8.59. The number of amides is 3. The van der Waals surface area contributed by atoms with Crippen molar-refractivity contribution in [3.8, 4) is 0 Å². The Bertz CT molecular complexity index is 765. The van der Waals surface area contributed by atoms with E-state index in [4.69, 9.17) is 0 Å². The first-order chi connectivity index (χ1) is 15.0. The Morgan fingerprint density at radius 2 is 1.74 bits per heavy atom. The maximum atomic E-state index is 13.3. The minimum atomic E-state index is -0.596. The number of piperidine rings is 1. The number of hydrogen-bond donors (Lipinski definition) is 2. The van der Waals surface area contributed by atoms with E-state index in [0.29, 0.717) is 25.9 Å². The highest BCUT2D eigenvalue weighted by Gasteiger charge is 2.47. The predicted molar refractivity (Wildman–Crippen MR) is 120 cm³/mol. The Morgan fingerprint density at radius 1 is 1.06 bits per heavy atom. The van der Waals surface area contributed by atoms with Crippen molar-refractivity contribution in [1.82, 2.24) is 20.4 Å². The van der Waals surface area contributed by atoms with Crippen LogP contribution in [0.3, 0.4) is 0 Å². The van der Waals surface area contributed by atoms with Crippen molar-refractivity contribution < 1.29 is 14.4 Å². The van der Waals surface area contributed by atoms with Gasteiger partial charge in [0.2, 0.25) is 17.7 Å². The van der Waals surface area contributed by atoms with Crippen LogP contribution in [0, 0.1) is 5.92 Å². The highest BCUT2D eigenvalue weighted by molar-refractivity contribution is 5.94. The number of nitrogens with one attached hydrogen (secondary N) is 2. The Hall–Kier alpha value is -2.41. The summed E-state index contributed by atoms with van der Waals surface area (Å²) in [5.74, 6) is -0.0211. The lowest BCUT2D eigenvalue weighted by Gasteiger charge is -2.38. The van der Waals surface area contributed by atoms with Crippen LogP contribution in [0.4, 0.5) is 0 Å². The fraction of sp³-hybridized carbons (Fsp3) is 0.625. The molecule has 0 aromatic heterocycles. The van der Waals surface area contributed by atoms with Crippen molar-refractivity contribution in [3.63, 3.8) is 0 Å². The van der Waals surface area contributed by atoms with Crippen molar-refractivity contribution in [2.24, 2.45) is 5.92 Å². The summed E-state index contributed by atoms with van der Waals surface area (Å²) in [4.78, 5) is 42.8. The average Bonchev–Trinajstić information content (AvgIpc) is 3.23. The molecule has 0 unspecified atom stereocenters. The van der Waals surface area contributed by atoms with Crippen molar-refractivity contribution in [2.75, 3.05) is 26.7 Å². The van der Waals surface area contributed by atoms with Crippen LogP contribution in [0.15, 0.2) is 30.3 Å². The number of rotatable bonds is 9. The third-order valence-corrected chi connectivity index (χ3v) is 6.75. The topological polar surface area (TPSA) is 81.8 Å². The summed E-state index contributed by atoms with van der Waals surface area (Å²) in [6, 6.07) is 8.85. The van der Waals surface area contributed by atoms with Crippen molar-refractivity contribution >= 4 is 17.7 Å². The molecule has 2 aliphatic rings. The van der Waals surface area contributed by atoms with Crippen LogP contribution >= 0.6 is 0 Å². The average molecular weight is 429 g/mol. The van der Waals surface area contributed by atoms with E-state index < -0.39 is 12.1 Å². The first-order valence-electron chi connectivity index (χ1n) is 11.6. The summed E-state index contributed by atoms with van der Waals surface area (Å²) in [7, 11) is 1.74. The number of likely N-dealkylation sites (tertiary alicyclic amines) is 2. The maximum Gasteiger partial charge on any atom is 0.245 e. The molecule has 1 aromatic rings. The molecule has 2 fully saturated rings. The summed E-state index contributed by atoms with van der Waals surface area (Å²) in [6.07, 6.45) is 3.75. The largest absolute Gasteiger partial charge is 0.343 e. The summed E-state index contributed by atoms with van der Waals surface area (Å²) < 4.78 is 0. The molecule has 0 aliphatic carbocycles. The zero-order valence-corrected chi connectivity index (χ0v) is 19.0. The van der Waals surface area contributed by atoms with Gasteiger partial charge >= 0.3 is 0 Å². The van der Waals surface area contributed by atoms with Gasteiger partial charge in [0.05, 0.1) is 6.04 Å².